The Labute approximate surface area is 91.3 Å². The molecule has 0 amide bonds. The van der Waals surface area contributed by atoms with Crippen LogP contribution in [0.5, 0.6) is 0 Å². The zero-order chi connectivity index (χ0) is 9.80. The average Bonchev–Trinajstić information content (AvgIpc) is 2.02. The van der Waals surface area contributed by atoms with Crippen LogP contribution in [0.2, 0.25) is 5.82 Å². The summed E-state index contributed by atoms with van der Waals surface area (Å²) < 4.78 is 0. The fraction of sp³-hybridized carbons (Fsp3) is 1.00. The van der Waals surface area contributed by atoms with E-state index in [0.717, 1.165) is 11.8 Å². The van der Waals surface area contributed by atoms with Crippen LogP contribution in [-0.2, 0) is 0 Å². The summed E-state index contributed by atoms with van der Waals surface area (Å²) in [4.78, 5) is 0. The molecule has 0 aromatic rings. The van der Waals surface area contributed by atoms with Crippen molar-refractivity contribution in [3.8, 4) is 0 Å². The highest BCUT2D eigenvalue weighted by Gasteiger charge is 2.57. The fourth-order valence-corrected chi connectivity index (χ4v) is 4.19. The quantitative estimate of drug-likeness (QED) is 0.584. The first-order valence-corrected chi connectivity index (χ1v) is 6.10. The van der Waals surface area contributed by atoms with Gasteiger partial charge in [0.1, 0.15) is 0 Å². The molecule has 0 heterocycles. The van der Waals surface area contributed by atoms with Crippen LogP contribution < -0.4 is 0 Å². The van der Waals surface area contributed by atoms with Crippen LogP contribution in [0.1, 0.15) is 33.6 Å². The Kier molecular flexibility index (Phi) is 2.40. The van der Waals surface area contributed by atoms with Crippen molar-refractivity contribution in [2.24, 2.45) is 23.2 Å². The molecule has 4 unspecified atom stereocenters. The van der Waals surface area contributed by atoms with Crippen molar-refractivity contribution in [1.82, 2.24) is 0 Å². The Balaban J connectivity index is 2.12. The molecule has 0 nitrogen and oxygen atoms in total. The molecule has 13 heavy (non-hydrogen) atoms. The minimum Gasteiger partial charge on any atom is -0.171 e. The van der Waals surface area contributed by atoms with Gasteiger partial charge < -0.3 is 0 Å². The van der Waals surface area contributed by atoms with Gasteiger partial charge in [0, 0.05) is 0 Å². The van der Waals surface area contributed by atoms with Gasteiger partial charge in [-0.05, 0) is 35.4 Å². The topological polar surface area (TPSA) is 0 Å². The van der Waals surface area contributed by atoms with E-state index >= 15 is 0 Å². The molecular weight excluding hydrogens is 202 g/mol. The highest BCUT2D eigenvalue weighted by molar-refractivity contribution is 7.34. The first-order valence-electron chi connectivity index (χ1n) is 5.22. The van der Waals surface area contributed by atoms with Crippen LogP contribution in [0.25, 0.3) is 0 Å². The molecule has 0 saturated heterocycles. The Morgan fingerprint density at radius 2 is 1.85 bits per heavy atom. The van der Waals surface area contributed by atoms with Crippen LogP contribution in [0, 0.1) is 23.2 Å². The van der Waals surface area contributed by atoms with Crippen molar-refractivity contribution in [3.05, 3.63) is 0 Å². The largest absolute Gasteiger partial charge is 0.355 e. The summed E-state index contributed by atoms with van der Waals surface area (Å²) >= 11 is 12.0. The predicted molar refractivity (Wildman–Crippen MR) is 60.4 cm³/mol. The number of hydrogen-bond acceptors (Lipinski definition) is 0. The van der Waals surface area contributed by atoms with Crippen LogP contribution in [0.4, 0.5) is 0 Å². The van der Waals surface area contributed by atoms with Gasteiger partial charge in [0.05, 0.1) is 0 Å². The van der Waals surface area contributed by atoms with E-state index in [1.165, 1.54) is 12.8 Å². The van der Waals surface area contributed by atoms with Gasteiger partial charge in [-0.3, -0.25) is 0 Å². The summed E-state index contributed by atoms with van der Waals surface area (Å²) in [5, 5.41) is 0. The maximum Gasteiger partial charge on any atom is 0.355 e. The molecule has 3 saturated carbocycles. The second kappa shape index (κ2) is 3.07. The van der Waals surface area contributed by atoms with E-state index in [1.54, 1.807) is 0 Å². The maximum atomic E-state index is 6.00. The molecule has 3 rings (SSSR count). The molecule has 0 radical (unpaired) electrons. The lowest BCUT2D eigenvalue weighted by Crippen LogP contribution is -2.54. The second-order valence-electron chi connectivity index (χ2n) is 5.45. The standard InChI is InChI=1S/C10H17BCl2/c1-6-8-4-7(10(8,2)3)5-9(6)11(12)13/h6-9H,4-5H2,1-3H3. The van der Waals surface area contributed by atoms with Gasteiger partial charge >= 0.3 is 5.54 Å². The van der Waals surface area contributed by atoms with Crippen molar-refractivity contribution in [2.45, 2.75) is 39.4 Å². The van der Waals surface area contributed by atoms with Gasteiger partial charge in [-0.25, -0.2) is 0 Å². The Morgan fingerprint density at radius 3 is 2.23 bits per heavy atom. The van der Waals surface area contributed by atoms with Gasteiger partial charge in [0.15, 0.2) is 0 Å². The minimum absolute atomic E-state index is 0.156. The van der Waals surface area contributed by atoms with Gasteiger partial charge in [-0.2, -0.15) is 22.9 Å². The minimum atomic E-state index is -0.156. The number of rotatable bonds is 1. The highest BCUT2D eigenvalue weighted by atomic mass is 35.5. The summed E-state index contributed by atoms with van der Waals surface area (Å²) in [6, 6.07) is 0. The highest BCUT2D eigenvalue weighted by Crippen LogP contribution is 2.65. The van der Waals surface area contributed by atoms with E-state index in [0.29, 0.717) is 17.2 Å². The Morgan fingerprint density at radius 1 is 1.23 bits per heavy atom. The third kappa shape index (κ3) is 1.34. The molecule has 0 aliphatic heterocycles. The second-order valence-corrected chi connectivity index (χ2v) is 6.62. The summed E-state index contributed by atoms with van der Waals surface area (Å²) in [6.07, 6.45) is 2.65. The van der Waals surface area contributed by atoms with E-state index in [1.807, 2.05) is 0 Å². The van der Waals surface area contributed by atoms with Gasteiger partial charge in [0.2, 0.25) is 0 Å². The predicted octanol–water partition coefficient (Wildman–Crippen LogP) is 4.02. The lowest BCUT2D eigenvalue weighted by atomic mass is 9.40. The lowest BCUT2D eigenvalue weighted by Gasteiger charge is -2.62. The fourth-order valence-electron chi connectivity index (χ4n) is 3.52. The van der Waals surface area contributed by atoms with Crippen LogP contribution in [-0.4, -0.2) is 5.54 Å². The van der Waals surface area contributed by atoms with Crippen molar-refractivity contribution < 1.29 is 0 Å². The molecule has 2 bridgehead atoms. The lowest BCUT2D eigenvalue weighted by molar-refractivity contribution is -0.0984. The first-order chi connectivity index (χ1) is 5.94. The molecule has 3 heteroatoms. The number of hydrogen-bond donors (Lipinski definition) is 0. The smallest absolute Gasteiger partial charge is 0.171 e. The van der Waals surface area contributed by atoms with Crippen LogP contribution in [0.15, 0.2) is 0 Å². The van der Waals surface area contributed by atoms with Crippen LogP contribution in [0.3, 0.4) is 0 Å². The van der Waals surface area contributed by atoms with E-state index < -0.39 is 0 Å². The third-order valence-corrected chi connectivity index (χ3v) is 5.38. The van der Waals surface area contributed by atoms with Crippen molar-refractivity contribution >= 4 is 28.5 Å². The van der Waals surface area contributed by atoms with E-state index in [2.05, 4.69) is 20.8 Å². The van der Waals surface area contributed by atoms with Crippen molar-refractivity contribution in [3.63, 3.8) is 0 Å². The zero-order valence-electron chi connectivity index (χ0n) is 8.56. The molecule has 3 aliphatic carbocycles. The SMILES string of the molecule is CC1C(B(Cl)Cl)CC2CC1C2(C)C. The number of halogens is 2. The molecule has 4 atom stereocenters. The van der Waals surface area contributed by atoms with Crippen LogP contribution >= 0.6 is 22.9 Å². The van der Waals surface area contributed by atoms with Gasteiger partial charge in [-0.1, -0.05) is 27.2 Å². The maximum absolute atomic E-state index is 6.00. The summed E-state index contributed by atoms with van der Waals surface area (Å²) in [5.41, 5.74) is 0.398. The molecule has 0 aromatic carbocycles. The first kappa shape index (κ1) is 10.2. The Bertz CT molecular complexity index is 213. The number of fused-ring (bicyclic) bond motifs is 2. The summed E-state index contributed by atoms with van der Waals surface area (Å²) in [6.45, 7) is 7.12. The Hall–Kier alpha value is 0.645. The zero-order valence-corrected chi connectivity index (χ0v) is 10.1. The molecule has 3 aliphatic rings. The molecule has 3 fully saturated rings. The summed E-state index contributed by atoms with van der Waals surface area (Å²) in [5.74, 6) is 2.98. The molecular formula is C10H17BCl2. The monoisotopic (exact) mass is 218 g/mol. The molecule has 74 valence electrons. The van der Waals surface area contributed by atoms with Gasteiger partial charge in [0.25, 0.3) is 0 Å². The van der Waals surface area contributed by atoms with E-state index in [-0.39, 0.29) is 5.54 Å². The molecule has 0 aromatic heterocycles. The van der Waals surface area contributed by atoms with E-state index in [4.69, 9.17) is 22.9 Å². The molecule has 0 N–H and O–H groups in total. The van der Waals surface area contributed by atoms with Crippen molar-refractivity contribution in [1.29, 1.82) is 0 Å². The summed E-state index contributed by atoms with van der Waals surface area (Å²) in [7, 11) is 0. The molecule has 0 spiro atoms. The average molecular weight is 219 g/mol. The third-order valence-electron chi connectivity index (χ3n) is 4.74. The van der Waals surface area contributed by atoms with Crippen molar-refractivity contribution in [2.75, 3.05) is 0 Å². The normalized spacial score (nSPS) is 46.8. The van der Waals surface area contributed by atoms with E-state index in [9.17, 15) is 0 Å². The van der Waals surface area contributed by atoms with Gasteiger partial charge in [-0.15, -0.1) is 0 Å².